The number of anilines is 2. The first kappa shape index (κ1) is 23.9. The lowest BCUT2D eigenvalue weighted by Gasteiger charge is -2.14. The van der Waals surface area contributed by atoms with Gasteiger partial charge >= 0.3 is 12.0 Å². The summed E-state index contributed by atoms with van der Waals surface area (Å²) in [6.07, 6.45) is 7.06. The zero-order chi connectivity index (χ0) is 24.1. The molecule has 2 aromatic heterocycles. The van der Waals surface area contributed by atoms with Gasteiger partial charge in [0.25, 0.3) is 0 Å². The molecule has 2 N–H and O–H groups in total. The van der Waals surface area contributed by atoms with Crippen LogP contribution in [0.5, 0.6) is 0 Å². The van der Waals surface area contributed by atoms with Crippen LogP contribution in [0, 0.1) is 12.8 Å². The van der Waals surface area contributed by atoms with E-state index in [2.05, 4.69) is 20.6 Å². The average Bonchev–Trinajstić information content (AvgIpc) is 3.52. The number of hydrogen-bond acceptors (Lipinski definition) is 8. The third-order valence-corrected chi connectivity index (χ3v) is 7.54. The van der Waals surface area contributed by atoms with E-state index in [4.69, 9.17) is 4.74 Å². The first-order chi connectivity index (χ1) is 16.4. The van der Waals surface area contributed by atoms with Crippen LogP contribution in [0.25, 0.3) is 0 Å². The van der Waals surface area contributed by atoms with Crippen LogP contribution in [0.3, 0.4) is 0 Å². The predicted octanol–water partition coefficient (Wildman–Crippen LogP) is 5.80. The van der Waals surface area contributed by atoms with E-state index in [1.165, 1.54) is 36.4 Å². The molecule has 8 nitrogen and oxygen atoms in total. The monoisotopic (exact) mass is 496 g/mol. The second kappa shape index (κ2) is 10.8. The minimum absolute atomic E-state index is 0.0197. The molecule has 1 saturated carbocycles. The van der Waals surface area contributed by atoms with Gasteiger partial charge in [0, 0.05) is 22.6 Å². The minimum Gasteiger partial charge on any atom is -0.464 e. The summed E-state index contributed by atoms with van der Waals surface area (Å²) in [5, 5.41) is 5.91. The molecular weight excluding hydrogens is 472 g/mol. The molecule has 2 amide bonds. The summed E-state index contributed by atoms with van der Waals surface area (Å²) in [7, 11) is 1.31. The topological polar surface area (TPSA) is 110 Å². The van der Waals surface area contributed by atoms with Crippen LogP contribution in [0.2, 0.25) is 0 Å². The number of thiazole rings is 1. The van der Waals surface area contributed by atoms with E-state index < -0.39 is 12.0 Å². The van der Waals surface area contributed by atoms with Gasteiger partial charge in [-0.05, 0) is 44.0 Å². The molecular formula is C24H24N4O4S2. The number of amides is 2. The maximum atomic E-state index is 13.0. The summed E-state index contributed by atoms with van der Waals surface area (Å²) >= 11 is 2.57. The third kappa shape index (κ3) is 5.63. The molecule has 4 rings (SSSR count). The Morgan fingerprint density at radius 3 is 2.68 bits per heavy atom. The number of hydrogen-bond donors (Lipinski definition) is 2. The number of urea groups is 1. The van der Waals surface area contributed by atoms with Crippen molar-refractivity contribution in [2.24, 2.45) is 5.92 Å². The van der Waals surface area contributed by atoms with Crippen molar-refractivity contribution in [1.29, 1.82) is 0 Å². The second-order valence-corrected chi connectivity index (χ2v) is 10.3. The lowest BCUT2D eigenvalue weighted by molar-refractivity contribution is 0.0589. The summed E-state index contributed by atoms with van der Waals surface area (Å²) in [5.41, 5.74) is 2.22. The minimum atomic E-state index is -0.522. The Morgan fingerprint density at radius 2 is 1.91 bits per heavy atom. The van der Waals surface area contributed by atoms with Crippen molar-refractivity contribution in [1.82, 2.24) is 9.97 Å². The summed E-state index contributed by atoms with van der Waals surface area (Å²) < 4.78 is 5.54. The number of Topliss-reactive ketones (excluding diaryl/α,β-unsaturated/α-hetero) is 1. The van der Waals surface area contributed by atoms with Crippen molar-refractivity contribution in [2.45, 2.75) is 41.7 Å². The Labute approximate surface area is 205 Å². The van der Waals surface area contributed by atoms with E-state index in [1.54, 1.807) is 24.4 Å². The lowest BCUT2D eigenvalue weighted by Crippen LogP contribution is -2.22. The van der Waals surface area contributed by atoms with Gasteiger partial charge in [0.2, 0.25) is 0 Å². The van der Waals surface area contributed by atoms with Gasteiger partial charge in [0.1, 0.15) is 0 Å². The smallest absolute Gasteiger partial charge is 0.357 e. The number of aromatic nitrogens is 2. The number of ketones is 1. The van der Waals surface area contributed by atoms with E-state index >= 15 is 0 Å². The Morgan fingerprint density at radius 1 is 1.12 bits per heavy atom. The van der Waals surface area contributed by atoms with Crippen LogP contribution in [0.4, 0.5) is 15.6 Å². The summed E-state index contributed by atoms with van der Waals surface area (Å²) in [5.74, 6) is -0.417. The van der Waals surface area contributed by atoms with Crippen LogP contribution < -0.4 is 10.6 Å². The number of benzene rings is 1. The fourth-order valence-corrected chi connectivity index (χ4v) is 5.74. The van der Waals surface area contributed by atoms with Crippen molar-refractivity contribution in [3.8, 4) is 0 Å². The maximum Gasteiger partial charge on any atom is 0.357 e. The Kier molecular flexibility index (Phi) is 7.59. The quantitative estimate of drug-likeness (QED) is 0.314. The molecule has 0 spiro atoms. The van der Waals surface area contributed by atoms with E-state index in [1.807, 2.05) is 19.1 Å². The fourth-order valence-electron chi connectivity index (χ4n) is 3.83. The van der Waals surface area contributed by atoms with E-state index in [-0.39, 0.29) is 17.4 Å². The van der Waals surface area contributed by atoms with Gasteiger partial charge in [0.15, 0.2) is 16.6 Å². The SMILES string of the molecule is COC(=O)c1ncccc1Sc1cnc(NC(=O)Nc2ccc(C)cc2C(=O)C2CCCC2)s1. The number of nitrogens with one attached hydrogen (secondary N) is 2. The lowest BCUT2D eigenvalue weighted by atomic mass is 9.94. The molecule has 0 unspecified atom stereocenters. The molecule has 3 aromatic rings. The molecule has 34 heavy (non-hydrogen) atoms. The predicted molar refractivity (Wildman–Crippen MR) is 132 cm³/mol. The Hall–Kier alpha value is -3.24. The number of ether oxygens (including phenoxy) is 1. The van der Waals surface area contributed by atoms with E-state index in [0.717, 1.165) is 35.5 Å². The molecule has 10 heteroatoms. The first-order valence-electron chi connectivity index (χ1n) is 10.8. The van der Waals surface area contributed by atoms with Crippen LogP contribution in [-0.2, 0) is 4.74 Å². The van der Waals surface area contributed by atoms with Crippen LogP contribution in [-0.4, -0.2) is 34.9 Å². The van der Waals surface area contributed by atoms with Crippen LogP contribution in [0.1, 0.15) is 52.1 Å². The fraction of sp³-hybridized carbons (Fsp3) is 0.292. The highest BCUT2D eigenvalue weighted by molar-refractivity contribution is 8.01. The second-order valence-electron chi connectivity index (χ2n) is 7.90. The van der Waals surface area contributed by atoms with Crippen LogP contribution in [0.15, 0.2) is 51.8 Å². The number of methoxy groups -OCH3 is 1. The molecule has 0 aliphatic heterocycles. The number of carbonyl (C=O) groups excluding carboxylic acids is 3. The Bertz CT molecular complexity index is 1220. The normalized spacial score (nSPS) is 13.5. The van der Waals surface area contributed by atoms with Crippen molar-refractivity contribution in [3.05, 3.63) is 59.5 Å². The van der Waals surface area contributed by atoms with E-state index in [0.29, 0.717) is 21.3 Å². The van der Waals surface area contributed by atoms with E-state index in [9.17, 15) is 14.4 Å². The van der Waals surface area contributed by atoms with Crippen molar-refractivity contribution in [3.63, 3.8) is 0 Å². The molecule has 176 valence electrons. The summed E-state index contributed by atoms with van der Waals surface area (Å²) in [6.45, 7) is 1.93. The molecule has 1 aromatic carbocycles. The number of aryl methyl sites for hydroxylation is 1. The van der Waals surface area contributed by atoms with Gasteiger partial charge in [-0.1, -0.05) is 47.6 Å². The van der Waals surface area contributed by atoms with Gasteiger partial charge in [-0.3, -0.25) is 10.1 Å². The molecule has 1 aliphatic rings. The average molecular weight is 497 g/mol. The van der Waals surface area contributed by atoms with Crippen molar-refractivity contribution >= 4 is 51.7 Å². The number of rotatable bonds is 7. The van der Waals surface area contributed by atoms with Gasteiger partial charge in [0.05, 0.1) is 23.2 Å². The number of pyridine rings is 1. The van der Waals surface area contributed by atoms with Crippen molar-refractivity contribution < 1.29 is 19.1 Å². The summed E-state index contributed by atoms with van der Waals surface area (Å²) in [6, 6.07) is 8.48. The summed E-state index contributed by atoms with van der Waals surface area (Å²) in [4.78, 5) is 46.6. The number of nitrogens with zero attached hydrogens (tertiary/aromatic N) is 2. The molecule has 0 radical (unpaired) electrons. The highest BCUT2D eigenvalue weighted by atomic mass is 32.2. The molecule has 0 atom stereocenters. The molecule has 2 heterocycles. The molecule has 0 saturated heterocycles. The highest BCUT2D eigenvalue weighted by Crippen LogP contribution is 2.35. The van der Waals surface area contributed by atoms with Crippen LogP contribution >= 0.6 is 23.1 Å². The zero-order valence-corrected chi connectivity index (χ0v) is 20.4. The van der Waals surface area contributed by atoms with Gasteiger partial charge in [-0.15, -0.1) is 0 Å². The largest absolute Gasteiger partial charge is 0.464 e. The first-order valence-corrected chi connectivity index (χ1v) is 12.5. The van der Waals surface area contributed by atoms with Crippen molar-refractivity contribution in [2.75, 3.05) is 17.7 Å². The Balaban J connectivity index is 1.43. The molecule has 1 aliphatic carbocycles. The highest BCUT2D eigenvalue weighted by Gasteiger charge is 2.26. The van der Waals surface area contributed by atoms with Gasteiger partial charge in [-0.25, -0.2) is 19.6 Å². The molecule has 0 bridgehead atoms. The van der Waals surface area contributed by atoms with Gasteiger partial charge < -0.3 is 10.1 Å². The van der Waals surface area contributed by atoms with Gasteiger partial charge in [-0.2, -0.15) is 0 Å². The number of carbonyl (C=O) groups is 3. The zero-order valence-electron chi connectivity index (χ0n) is 18.8. The standard InChI is InChI=1S/C24H24N4O4S2/c1-14-9-10-17(16(12-14)21(29)15-6-3-4-7-15)27-23(31)28-24-26-13-19(34-24)33-18-8-5-11-25-20(18)22(30)32-2/h5,8-13,15H,3-4,6-7H2,1-2H3,(H2,26,27,28,31). The molecule has 1 fully saturated rings. The third-order valence-electron chi connectivity index (χ3n) is 5.48. The maximum absolute atomic E-state index is 13.0. The number of esters is 1.